The molecule has 3 saturated heterocycles. The number of rotatable bonds is 9. The lowest BCUT2D eigenvalue weighted by molar-refractivity contribution is -0.148. The molecule has 0 saturated carbocycles. The Labute approximate surface area is 225 Å². The van der Waals surface area contributed by atoms with Crippen LogP contribution in [-0.2, 0) is 32.3 Å². The molecule has 2 bridgehead atoms. The highest BCUT2D eigenvalue weighted by molar-refractivity contribution is 5.99. The van der Waals surface area contributed by atoms with Crippen LogP contribution >= 0.6 is 0 Å². The Bertz CT molecular complexity index is 1410. The number of aliphatic hydroxyl groups is 1. The van der Waals surface area contributed by atoms with E-state index in [0.717, 1.165) is 11.1 Å². The molecular weight excluding hydrogens is 500 g/mol. The van der Waals surface area contributed by atoms with Crippen molar-refractivity contribution in [2.45, 2.75) is 56.6 Å². The van der Waals surface area contributed by atoms with Gasteiger partial charge in [0.1, 0.15) is 23.8 Å². The molecule has 3 aliphatic heterocycles. The summed E-state index contributed by atoms with van der Waals surface area (Å²) in [5.41, 5.74) is 0.447. The molecule has 0 radical (unpaired) electrons. The fraction of sp³-hybridized carbons (Fsp3) is 0.464. The zero-order valence-corrected chi connectivity index (χ0v) is 21.7. The van der Waals surface area contributed by atoms with E-state index in [0.29, 0.717) is 31.3 Å². The molecule has 3 aliphatic rings. The Hall–Kier alpha value is -3.83. The fourth-order valence-corrected chi connectivity index (χ4v) is 6.94. The number of β-amino-alcohol motifs (C(OH)–C–C–N with tert-alkyl or cyclic N) is 1. The van der Waals surface area contributed by atoms with Crippen LogP contribution in [0.4, 0.5) is 0 Å². The van der Waals surface area contributed by atoms with Crippen LogP contribution < -0.4 is 10.6 Å². The van der Waals surface area contributed by atoms with Crippen molar-refractivity contribution in [2.24, 2.45) is 11.8 Å². The van der Waals surface area contributed by atoms with Crippen molar-refractivity contribution in [3.8, 4) is 0 Å². The van der Waals surface area contributed by atoms with Crippen molar-refractivity contribution in [1.82, 2.24) is 30.5 Å². The summed E-state index contributed by atoms with van der Waals surface area (Å²) in [5, 5.41) is 24.0. The van der Waals surface area contributed by atoms with Gasteiger partial charge in [-0.2, -0.15) is 0 Å². The highest BCUT2D eigenvalue weighted by atomic mass is 16.5. The Kier molecular flexibility index (Phi) is 6.35. The number of likely N-dealkylation sites (tertiary alicyclic amines) is 1. The first kappa shape index (κ1) is 25.4. The normalized spacial score (nSPS) is 29.1. The van der Waals surface area contributed by atoms with Crippen LogP contribution in [0.25, 0.3) is 11.0 Å². The lowest BCUT2D eigenvalue weighted by Gasteiger charge is -2.34. The molecule has 3 aromatic rings. The van der Waals surface area contributed by atoms with Gasteiger partial charge in [-0.3, -0.25) is 14.4 Å². The van der Waals surface area contributed by atoms with Crippen LogP contribution in [0.15, 0.2) is 54.6 Å². The van der Waals surface area contributed by atoms with Gasteiger partial charge in [-0.05, 0) is 37.0 Å². The van der Waals surface area contributed by atoms with Gasteiger partial charge in [-0.1, -0.05) is 54.6 Å². The summed E-state index contributed by atoms with van der Waals surface area (Å²) in [7, 11) is 0. The summed E-state index contributed by atoms with van der Waals surface area (Å²) < 4.78 is 8.27. The minimum Gasteiger partial charge on any atom is -0.395 e. The van der Waals surface area contributed by atoms with E-state index >= 15 is 0 Å². The summed E-state index contributed by atoms with van der Waals surface area (Å²) in [6, 6.07) is 16.0. The smallest absolute Gasteiger partial charge is 0.247 e. The summed E-state index contributed by atoms with van der Waals surface area (Å²) in [5.74, 6) is -2.52. The number of hydrogen-bond donors (Lipinski definition) is 3. The van der Waals surface area contributed by atoms with E-state index in [1.807, 2.05) is 61.5 Å². The van der Waals surface area contributed by atoms with Gasteiger partial charge in [-0.25, -0.2) is 4.68 Å². The molecule has 3 N–H and O–H groups in total. The molecular formula is C28H32N6O5. The second-order valence-corrected chi connectivity index (χ2v) is 10.6. The van der Waals surface area contributed by atoms with Crippen molar-refractivity contribution in [2.75, 3.05) is 13.2 Å². The Morgan fingerprint density at radius 2 is 1.85 bits per heavy atom. The summed E-state index contributed by atoms with van der Waals surface area (Å²) >= 11 is 0. The van der Waals surface area contributed by atoms with Gasteiger partial charge in [0.05, 0.1) is 29.6 Å². The van der Waals surface area contributed by atoms with Crippen LogP contribution in [0.2, 0.25) is 0 Å². The maximum Gasteiger partial charge on any atom is 0.247 e. The SMILES string of the molecule is CC[C@@]12CCC3(O1)C(C(=O)NCn1nnc4ccccc41)N(CCO)C(=O)[C@@H]3[C@@H]2C(=O)NCc1ccccc1. The van der Waals surface area contributed by atoms with E-state index in [1.165, 1.54) is 4.90 Å². The monoisotopic (exact) mass is 532 g/mol. The van der Waals surface area contributed by atoms with E-state index in [4.69, 9.17) is 4.74 Å². The van der Waals surface area contributed by atoms with E-state index < -0.39 is 35.0 Å². The maximum atomic E-state index is 13.9. The van der Waals surface area contributed by atoms with E-state index in [1.54, 1.807) is 4.68 Å². The Morgan fingerprint density at radius 1 is 1.08 bits per heavy atom. The maximum absolute atomic E-state index is 13.9. The number of aliphatic hydroxyl groups excluding tert-OH is 1. The summed E-state index contributed by atoms with van der Waals surface area (Å²) in [6.45, 7) is 2.01. The largest absolute Gasteiger partial charge is 0.395 e. The first-order chi connectivity index (χ1) is 18.9. The Balaban J connectivity index is 1.28. The first-order valence-corrected chi connectivity index (χ1v) is 13.4. The third kappa shape index (κ3) is 3.90. The minimum atomic E-state index is -1.15. The van der Waals surface area contributed by atoms with Crippen LogP contribution in [0.5, 0.6) is 0 Å². The van der Waals surface area contributed by atoms with Crippen LogP contribution in [-0.4, -0.2) is 73.1 Å². The number of ether oxygens (including phenoxy) is 1. The summed E-state index contributed by atoms with van der Waals surface area (Å²) in [6.07, 6.45) is 1.59. The number of amides is 3. The van der Waals surface area contributed by atoms with Crippen molar-refractivity contribution in [1.29, 1.82) is 0 Å². The quantitative estimate of drug-likeness (QED) is 0.373. The number of carbonyl (C=O) groups is 3. The molecule has 2 aromatic carbocycles. The van der Waals surface area contributed by atoms with Gasteiger partial charge in [0.15, 0.2) is 0 Å². The lowest BCUT2D eigenvalue weighted by Crippen LogP contribution is -2.55. The van der Waals surface area contributed by atoms with Gasteiger partial charge in [-0.15, -0.1) is 5.10 Å². The molecule has 2 unspecified atom stereocenters. The number of nitrogens with one attached hydrogen (secondary N) is 2. The first-order valence-electron chi connectivity index (χ1n) is 13.4. The van der Waals surface area contributed by atoms with Gasteiger partial charge in [0, 0.05) is 13.1 Å². The molecule has 6 rings (SSSR count). The standard InChI is InChI=1S/C28H32N6O5/c1-2-27-12-13-28(39-27)22(21(27)24(36)29-16-18-8-4-3-5-9-18)26(38)33(14-15-35)23(28)25(37)30-17-34-20-11-7-6-10-19(20)31-32-34/h3-11,21-23,35H,2,12-17H2,1H3,(H,29,36)(H,30,37)/t21-,22+,23?,27+,28?/m1/s1. The zero-order valence-electron chi connectivity index (χ0n) is 21.7. The Morgan fingerprint density at radius 3 is 2.62 bits per heavy atom. The van der Waals surface area contributed by atoms with E-state index in [-0.39, 0.29) is 31.6 Å². The number of benzene rings is 2. The van der Waals surface area contributed by atoms with Crippen LogP contribution in [0.1, 0.15) is 31.7 Å². The van der Waals surface area contributed by atoms with Crippen molar-refractivity contribution >= 4 is 28.8 Å². The fourth-order valence-electron chi connectivity index (χ4n) is 6.94. The number of aromatic nitrogens is 3. The minimum absolute atomic E-state index is 0.0255. The van der Waals surface area contributed by atoms with Gasteiger partial charge in [0.25, 0.3) is 0 Å². The topological polar surface area (TPSA) is 139 Å². The number of fused-ring (bicyclic) bond motifs is 2. The number of hydrogen-bond acceptors (Lipinski definition) is 7. The average molecular weight is 533 g/mol. The van der Waals surface area contributed by atoms with Gasteiger partial charge >= 0.3 is 0 Å². The predicted octanol–water partition coefficient (Wildman–Crippen LogP) is 0.969. The zero-order chi connectivity index (χ0) is 27.2. The van der Waals surface area contributed by atoms with E-state index in [2.05, 4.69) is 20.9 Å². The van der Waals surface area contributed by atoms with Crippen molar-refractivity contribution in [3.63, 3.8) is 0 Å². The predicted molar refractivity (Wildman–Crippen MR) is 140 cm³/mol. The second-order valence-electron chi connectivity index (χ2n) is 10.6. The van der Waals surface area contributed by atoms with Gasteiger partial charge < -0.3 is 25.4 Å². The molecule has 0 aliphatic carbocycles. The highest BCUT2D eigenvalue weighted by Gasteiger charge is 2.78. The molecule has 204 valence electrons. The number of para-hydroxylation sites is 1. The third-order valence-electron chi connectivity index (χ3n) is 8.69. The van der Waals surface area contributed by atoms with Crippen molar-refractivity contribution in [3.05, 3.63) is 60.2 Å². The third-order valence-corrected chi connectivity index (χ3v) is 8.69. The molecule has 3 amide bonds. The molecule has 5 atom stereocenters. The lowest BCUT2D eigenvalue weighted by atomic mass is 9.65. The second kappa shape index (κ2) is 9.73. The number of carbonyl (C=O) groups excluding carboxylic acids is 3. The van der Waals surface area contributed by atoms with Crippen molar-refractivity contribution < 1.29 is 24.2 Å². The highest BCUT2D eigenvalue weighted by Crippen LogP contribution is 2.64. The molecule has 11 heteroatoms. The molecule has 39 heavy (non-hydrogen) atoms. The summed E-state index contributed by atoms with van der Waals surface area (Å²) in [4.78, 5) is 42.7. The average Bonchev–Trinajstić information content (AvgIpc) is 3.69. The molecule has 1 spiro atoms. The molecule has 4 heterocycles. The number of nitrogens with zero attached hydrogens (tertiary/aromatic N) is 4. The van der Waals surface area contributed by atoms with Crippen LogP contribution in [0.3, 0.4) is 0 Å². The molecule has 11 nitrogen and oxygen atoms in total. The molecule has 1 aromatic heterocycles. The van der Waals surface area contributed by atoms with Crippen LogP contribution in [0, 0.1) is 11.8 Å². The van der Waals surface area contributed by atoms with E-state index in [9.17, 15) is 19.5 Å². The molecule has 3 fully saturated rings. The van der Waals surface area contributed by atoms with Gasteiger partial charge in [0.2, 0.25) is 17.7 Å².